The van der Waals surface area contributed by atoms with Gasteiger partial charge in [0.25, 0.3) is 0 Å². The minimum Gasteiger partial charge on any atom is -0.486 e. The lowest BCUT2D eigenvalue weighted by atomic mass is 10.1. The molecular formula is C19H23N3O2. The smallest absolute Gasteiger partial charge is 0.161 e. The summed E-state index contributed by atoms with van der Waals surface area (Å²) in [5.41, 5.74) is 3.38. The van der Waals surface area contributed by atoms with Crippen molar-refractivity contribution in [1.29, 1.82) is 0 Å². The van der Waals surface area contributed by atoms with Gasteiger partial charge in [-0.3, -0.25) is 4.90 Å². The summed E-state index contributed by atoms with van der Waals surface area (Å²) < 4.78 is 11.3. The zero-order valence-electron chi connectivity index (χ0n) is 14.3. The van der Waals surface area contributed by atoms with Gasteiger partial charge in [-0.2, -0.15) is 0 Å². The molecule has 2 aliphatic heterocycles. The van der Waals surface area contributed by atoms with E-state index in [1.807, 2.05) is 26.0 Å². The molecule has 126 valence electrons. The second kappa shape index (κ2) is 6.40. The molecule has 2 aliphatic rings. The van der Waals surface area contributed by atoms with Crippen LogP contribution in [-0.2, 0) is 6.54 Å². The summed E-state index contributed by atoms with van der Waals surface area (Å²) in [6.07, 6.45) is 1.12. The van der Waals surface area contributed by atoms with Crippen LogP contribution in [0.2, 0.25) is 0 Å². The zero-order valence-corrected chi connectivity index (χ0v) is 14.3. The molecule has 0 amide bonds. The molecule has 1 fully saturated rings. The van der Waals surface area contributed by atoms with Gasteiger partial charge in [0.15, 0.2) is 11.5 Å². The Labute approximate surface area is 142 Å². The van der Waals surface area contributed by atoms with Crippen molar-refractivity contribution in [3.8, 4) is 11.5 Å². The van der Waals surface area contributed by atoms with Gasteiger partial charge in [0.2, 0.25) is 0 Å². The summed E-state index contributed by atoms with van der Waals surface area (Å²) in [5.74, 6) is 3.15. The third-order valence-corrected chi connectivity index (χ3v) is 4.65. The van der Waals surface area contributed by atoms with E-state index < -0.39 is 0 Å². The van der Waals surface area contributed by atoms with E-state index in [2.05, 4.69) is 27.0 Å². The molecule has 1 atom stereocenters. The van der Waals surface area contributed by atoms with Gasteiger partial charge in [-0.15, -0.1) is 0 Å². The molecule has 0 bridgehead atoms. The van der Waals surface area contributed by atoms with Gasteiger partial charge < -0.3 is 9.47 Å². The molecule has 0 saturated carbocycles. The summed E-state index contributed by atoms with van der Waals surface area (Å²) in [7, 11) is 0. The standard InChI is InChI=1S/C19H23N3O2/c1-13-9-14(2)21-19(20-13)16-5-6-22(12-16)11-15-3-4-17-18(10-15)24-8-7-23-17/h3-4,9-10,16H,5-8,11-12H2,1-2H3/t16-/m0/s1. The summed E-state index contributed by atoms with van der Waals surface area (Å²) in [6.45, 7) is 8.37. The third kappa shape index (κ3) is 3.22. The van der Waals surface area contributed by atoms with Crippen LogP contribution in [-0.4, -0.2) is 41.2 Å². The molecular weight excluding hydrogens is 302 g/mol. The van der Waals surface area contributed by atoms with Gasteiger partial charge >= 0.3 is 0 Å². The first-order valence-electron chi connectivity index (χ1n) is 8.60. The lowest BCUT2D eigenvalue weighted by molar-refractivity contribution is 0.171. The number of ether oxygens (including phenoxy) is 2. The van der Waals surface area contributed by atoms with Crippen molar-refractivity contribution in [2.45, 2.75) is 32.7 Å². The number of nitrogens with zero attached hydrogens (tertiary/aromatic N) is 3. The number of aromatic nitrogens is 2. The van der Waals surface area contributed by atoms with Gasteiger partial charge in [0, 0.05) is 30.4 Å². The molecule has 5 nitrogen and oxygen atoms in total. The Kier molecular flexibility index (Phi) is 4.10. The van der Waals surface area contributed by atoms with Crippen molar-refractivity contribution >= 4 is 0 Å². The van der Waals surface area contributed by atoms with Crippen LogP contribution in [0.5, 0.6) is 11.5 Å². The van der Waals surface area contributed by atoms with Gasteiger partial charge in [0.1, 0.15) is 19.0 Å². The van der Waals surface area contributed by atoms with E-state index in [-0.39, 0.29) is 0 Å². The second-order valence-corrected chi connectivity index (χ2v) is 6.71. The molecule has 0 N–H and O–H groups in total. The average molecular weight is 325 g/mol. The molecule has 0 aliphatic carbocycles. The molecule has 24 heavy (non-hydrogen) atoms. The Hall–Kier alpha value is -2.14. The number of likely N-dealkylation sites (tertiary alicyclic amines) is 1. The van der Waals surface area contributed by atoms with Gasteiger partial charge in [0.05, 0.1) is 0 Å². The minimum atomic E-state index is 0.431. The lowest BCUT2D eigenvalue weighted by Gasteiger charge is -2.21. The largest absolute Gasteiger partial charge is 0.486 e. The van der Waals surface area contributed by atoms with Crippen molar-refractivity contribution < 1.29 is 9.47 Å². The van der Waals surface area contributed by atoms with E-state index in [0.29, 0.717) is 19.1 Å². The van der Waals surface area contributed by atoms with E-state index in [1.165, 1.54) is 5.56 Å². The zero-order chi connectivity index (χ0) is 16.5. The number of rotatable bonds is 3. The number of hydrogen-bond donors (Lipinski definition) is 0. The number of hydrogen-bond acceptors (Lipinski definition) is 5. The third-order valence-electron chi connectivity index (χ3n) is 4.65. The van der Waals surface area contributed by atoms with Crippen molar-refractivity contribution in [2.75, 3.05) is 26.3 Å². The van der Waals surface area contributed by atoms with Crippen LogP contribution >= 0.6 is 0 Å². The van der Waals surface area contributed by atoms with Crippen molar-refractivity contribution in [3.63, 3.8) is 0 Å². The number of aryl methyl sites for hydroxylation is 2. The van der Waals surface area contributed by atoms with Crippen LogP contribution in [0.25, 0.3) is 0 Å². The summed E-state index contributed by atoms with van der Waals surface area (Å²) in [4.78, 5) is 11.8. The predicted octanol–water partition coefficient (Wildman–Crippen LogP) is 2.85. The predicted molar refractivity (Wildman–Crippen MR) is 91.6 cm³/mol. The minimum absolute atomic E-state index is 0.431. The Balaban J connectivity index is 1.43. The summed E-state index contributed by atoms with van der Waals surface area (Å²) >= 11 is 0. The maximum absolute atomic E-state index is 5.68. The normalized spacial score (nSPS) is 20.3. The van der Waals surface area contributed by atoms with E-state index in [4.69, 9.17) is 9.47 Å². The molecule has 1 aromatic heterocycles. The fourth-order valence-corrected chi connectivity index (χ4v) is 3.57. The van der Waals surface area contributed by atoms with E-state index in [9.17, 15) is 0 Å². The SMILES string of the molecule is Cc1cc(C)nc([C@H]2CCN(Cc3ccc4c(c3)OCCO4)C2)n1. The van der Waals surface area contributed by atoms with Crippen LogP contribution < -0.4 is 9.47 Å². The maximum atomic E-state index is 5.68. The van der Waals surface area contributed by atoms with Gasteiger partial charge in [-0.05, 0) is 50.6 Å². The quantitative estimate of drug-likeness (QED) is 0.868. The number of benzene rings is 1. The second-order valence-electron chi connectivity index (χ2n) is 6.71. The van der Waals surface area contributed by atoms with Crippen LogP contribution in [0.3, 0.4) is 0 Å². The van der Waals surface area contributed by atoms with E-state index in [0.717, 1.165) is 54.8 Å². The molecule has 0 unspecified atom stereocenters. The Morgan fingerprint density at radius 2 is 1.79 bits per heavy atom. The molecule has 3 heterocycles. The van der Waals surface area contributed by atoms with Crippen LogP contribution in [0, 0.1) is 13.8 Å². The van der Waals surface area contributed by atoms with E-state index in [1.54, 1.807) is 0 Å². The summed E-state index contributed by atoms with van der Waals surface area (Å²) in [5, 5.41) is 0. The van der Waals surface area contributed by atoms with Crippen LogP contribution in [0.15, 0.2) is 24.3 Å². The van der Waals surface area contributed by atoms with Gasteiger partial charge in [-0.25, -0.2) is 9.97 Å². The highest BCUT2D eigenvalue weighted by molar-refractivity contribution is 5.43. The van der Waals surface area contributed by atoms with Gasteiger partial charge in [-0.1, -0.05) is 6.07 Å². The number of fused-ring (bicyclic) bond motifs is 1. The van der Waals surface area contributed by atoms with Crippen molar-refractivity contribution in [3.05, 3.63) is 47.0 Å². The lowest BCUT2D eigenvalue weighted by Crippen LogP contribution is -2.21. The topological polar surface area (TPSA) is 47.5 Å². The fraction of sp³-hybridized carbons (Fsp3) is 0.474. The molecule has 0 spiro atoms. The first-order chi connectivity index (χ1) is 11.7. The molecule has 4 rings (SSSR count). The highest BCUT2D eigenvalue weighted by Gasteiger charge is 2.26. The van der Waals surface area contributed by atoms with E-state index >= 15 is 0 Å². The Bertz CT molecular complexity index is 727. The Morgan fingerprint density at radius 3 is 2.58 bits per heavy atom. The highest BCUT2D eigenvalue weighted by Crippen LogP contribution is 2.32. The highest BCUT2D eigenvalue weighted by atomic mass is 16.6. The first-order valence-corrected chi connectivity index (χ1v) is 8.60. The molecule has 2 aromatic rings. The average Bonchev–Trinajstić information content (AvgIpc) is 3.02. The van der Waals surface area contributed by atoms with Crippen molar-refractivity contribution in [1.82, 2.24) is 14.9 Å². The Morgan fingerprint density at radius 1 is 1.04 bits per heavy atom. The monoisotopic (exact) mass is 325 g/mol. The van der Waals surface area contributed by atoms with Crippen molar-refractivity contribution in [2.24, 2.45) is 0 Å². The first kappa shape index (κ1) is 15.4. The molecule has 0 radical (unpaired) electrons. The van der Waals surface area contributed by atoms with Crippen LogP contribution in [0.4, 0.5) is 0 Å². The summed E-state index contributed by atoms with van der Waals surface area (Å²) in [6, 6.07) is 8.29. The molecule has 5 heteroatoms. The molecule has 1 aromatic carbocycles. The maximum Gasteiger partial charge on any atom is 0.161 e. The van der Waals surface area contributed by atoms with Crippen LogP contribution in [0.1, 0.15) is 35.1 Å². The fourth-order valence-electron chi connectivity index (χ4n) is 3.57. The molecule has 1 saturated heterocycles.